The van der Waals surface area contributed by atoms with Crippen LogP contribution in [0.4, 0.5) is 0 Å². The average molecular weight is 800 g/mol. The second-order valence-electron chi connectivity index (χ2n) is 21.4. The number of aromatic nitrogens is 1. The highest BCUT2D eigenvalue weighted by molar-refractivity contribution is 6.30. The molecule has 5 fully saturated rings. The zero-order valence-corrected chi connectivity index (χ0v) is 34.4. The Balaban J connectivity index is 1.11. The van der Waals surface area contributed by atoms with Crippen molar-refractivity contribution in [2.75, 3.05) is 0 Å². The van der Waals surface area contributed by atoms with Crippen LogP contribution in [0, 0.1) is 51.7 Å². The highest BCUT2D eigenvalue weighted by Crippen LogP contribution is 2.77. The standard InChI is InChI=1S/C57H41N3O2/c58-24-33-18-41-52(49-29-12-26-9-27(13-29)11-28(10-26)47(33)49)39-16-30(50-54-37-5-1-3-7-43(37)61-45(54)21-46-55(50)38-6-2-4-8-44(38)62-46)17-40-53-42(60(41)56(39)40)19-34(25-59)48-31-14-35-20-36-15-32(51(48)53)23-57(35,36)22-31/h1-8,16-19,21,26-29,31-32,35-36H,9-15,20,22-23H2. The van der Waals surface area contributed by atoms with Gasteiger partial charge in [-0.3, -0.25) is 0 Å². The van der Waals surface area contributed by atoms with Gasteiger partial charge in [-0.05, 0) is 181 Å². The van der Waals surface area contributed by atoms with Crippen LogP contribution in [0.25, 0.3) is 93.1 Å². The summed E-state index contributed by atoms with van der Waals surface area (Å²) in [7, 11) is 0. The first-order chi connectivity index (χ1) is 30.5. The average Bonchev–Trinajstić information content (AvgIpc) is 4.09. The summed E-state index contributed by atoms with van der Waals surface area (Å²) < 4.78 is 16.0. The van der Waals surface area contributed by atoms with Gasteiger partial charge >= 0.3 is 0 Å². The summed E-state index contributed by atoms with van der Waals surface area (Å²) in [6, 6.07) is 34.3. The zero-order valence-electron chi connectivity index (χ0n) is 34.4. The highest BCUT2D eigenvalue weighted by Gasteiger charge is 2.66. The molecule has 0 amide bonds. The lowest BCUT2D eigenvalue weighted by Crippen LogP contribution is -2.41. The summed E-state index contributed by atoms with van der Waals surface area (Å²) in [5.74, 6) is 4.92. The molecule has 7 atom stereocenters. The maximum Gasteiger partial charge on any atom is 0.139 e. The molecule has 0 radical (unpaired) electrons. The Kier molecular flexibility index (Phi) is 5.48. The van der Waals surface area contributed by atoms with Crippen LogP contribution in [-0.2, 0) is 0 Å². The Hall–Kier alpha value is -6.30. The van der Waals surface area contributed by atoms with E-state index in [1.807, 2.05) is 0 Å². The SMILES string of the molecule is N#Cc1cc2c(c3c1C1CC4CC(C1)CC3C4)c1cc(-c3c4c(cc5oc6ccccc6c35)oc3ccccc34)cc3c4c5c(c(C#N)cc4n2c13)C1CC2CC3CC5CC23C1. The first kappa shape index (κ1) is 32.4. The molecular weight excluding hydrogens is 759 g/mol. The number of benzene rings is 6. The van der Waals surface area contributed by atoms with Crippen LogP contribution >= 0.6 is 0 Å². The molecule has 7 unspecified atom stereocenters. The van der Waals surface area contributed by atoms with Crippen molar-refractivity contribution < 1.29 is 8.83 Å². The zero-order chi connectivity index (χ0) is 40.1. The number of furan rings is 2. The predicted octanol–water partition coefficient (Wildman–Crippen LogP) is 14.8. The van der Waals surface area contributed by atoms with Gasteiger partial charge in [0, 0.05) is 54.7 Å². The van der Waals surface area contributed by atoms with Crippen molar-refractivity contribution in [2.45, 2.75) is 87.9 Å². The van der Waals surface area contributed by atoms with Crippen LogP contribution in [-0.4, -0.2) is 4.40 Å². The minimum absolute atomic E-state index is 0.442. The van der Waals surface area contributed by atoms with E-state index in [1.54, 1.807) is 0 Å². The van der Waals surface area contributed by atoms with Crippen LogP contribution < -0.4 is 0 Å². The van der Waals surface area contributed by atoms with Crippen molar-refractivity contribution in [1.29, 1.82) is 10.5 Å². The molecule has 8 aliphatic rings. The van der Waals surface area contributed by atoms with Gasteiger partial charge in [-0.1, -0.05) is 36.4 Å². The van der Waals surface area contributed by atoms with Gasteiger partial charge in [-0.15, -0.1) is 0 Å². The van der Waals surface area contributed by atoms with Crippen LogP contribution in [0.15, 0.2) is 87.7 Å². The van der Waals surface area contributed by atoms with Crippen LogP contribution in [0.2, 0.25) is 0 Å². The molecule has 7 bridgehead atoms. The summed E-state index contributed by atoms with van der Waals surface area (Å²) in [6.07, 6.45) is 12.6. The molecule has 0 N–H and O–H groups in total. The summed E-state index contributed by atoms with van der Waals surface area (Å²) in [5.41, 5.74) is 17.3. The van der Waals surface area contributed by atoms with Gasteiger partial charge in [0.25, 0.3) is 0 Å². The van der Waals surface area contributed by atoms with E-state index in [0.29, 0.717) is 29.1 Å². The Morgan fingerprint density at radius 2 is 1.02 bits per heavy atom. The molecule has 0 aliphatic heterocycles. The molecule has 296 valence electrons. The number of para-hydroxylation sites is 2. The molecule has 6 aromatic carbocycles. The first-order valence-corrected chi connectivity index (χ1v) is 23.5. The summed E-state index contributed by atoms with van der Waals surface area (Å²) in [6.45, 7) is 0. The van der Waals surface area contributed by atoms with E-state index in [2.05, 4.69) is 95.4 Å². The number of fused-ring (bicyclic) bond motifs is 18. The molecule has 5 heteroatoms. The number of nitrogens with zero attached hydrogens (tertiary/aromatic N) is 3. The van der Waals surface area contributed by atoms with Crippen LogP contribution in [0.3, 0.4) is 0 Å². The third-order valence-electron chi connectivity index (χ3n) is 19.0. The number of hydrogen-bond donors (Lipinski definition) is 0. The smallest absolute Gasteiger partial charge is 0.139 e. The molecule has 1 spiro atoms. The van der Waals surface area contributed by atoms with E-state index < -0.39 is 0 Å². The highest BCUT2D eigenvalue weighted by atomic mass is 16.3. The molecule has 5 saturated carbocycles. The molecule has 62 heavy (non-hydrogen) atoms. The Morgan fingerprint density at radius 3 is 1.60 bits per heavy atom. The van der Waals surface area contributed by atoms with Crippen molar-refractivity contribution in [2.24, 2.45) is 29.1 Å². The van der Waals surface area contributed by atoms with E-state index >= 15 is 0 Å². The van der Waals surface area contributed by atoms with Crippen molar-refractivity contribution >= 4 is 82.0 Å². The van der Waals surface area contributed by atoms with E-state index in [9.17, 15) is 10.5 Å². The van der Waals surface area contributed by atoms with E-state index in [-0.39, 0.29) is 0 Å². The summed E-state index contributed by atoms with van der Waals surface area (Å²) in [5, 5.41) is 32.1. The Bertz CT molecular complexity index is 3780. The van der Waals surface area contributed by atoms with Crippen molar-refractivity contribution in [1.82, 2.24) is 4.40 Å². The fourth-order valence-electron chi connectivity index (χ4n) is 17.3. The van der Waals surface area contributed by atoms with Crippen molar-refractivity contribution in [3.63, 3.8) is 0 Å². The van der Waals surface area contributed by atoms with Gasteiger partial charge in [0.1, 0.15) is 22.3 Å². The normalized spacial score (nSPS) is 30.0. The van der Waals surface area contributed by atoms with E-state index in [1.165, 1.54) is 125 Å². The molecule has 0 saturated heterocycles. The fraction of sp³-hybridized carbons (Fsp3) is 0.333. The second-order valence-corrected chi connectivity index (χ2v) is 21.4. The minimum Gasteiger partial charge on any atom is -0.456 e. The van der Waals surface area contributed by atoms with Gasteiger partial charge in [0.15, 0.2) is 0 Å². The molecular formula is C57H41N3O2. The molecule has 10 aromatic rings. The molecule has 4 aromatic heterocycles. The van der Waals surface area contributed by atoms with Gasteiger partial charge in [-0.25, -0.2) is 0 Å². The van der Waals surface area contributed by atoms with Crippen molar-refractivity contribution in [3.8, 4) is 23.3 Å². The van der Waals surface area contributed by atoms with Gasteiger partial charge in [0.05, 0.1) is 39.8 Å². The number of rotatable bonds is 1. The first-order valence-electron chi connectivity index (χ1n) is 23.5. The third-order valence-corrected chi connectivity index (χ3v) is 19.0. The quantitative estimate of drug-likeness (QED) is 0.166. The van der Waals surface area contributed by atoms with E-state index in [4.69, 9.17) is 8.83 Å². The predicted molar refractivity (Wildman–Crippen MR) is 244 cm³/mol. The molecule has 8 aliphatic carbocycles. The minimum atomic E-state index is 0.442. The van der Waals surface area contributed by atoms with Gasteiger partial charge < -0.3 is 13.2 Å². The monoisotopic (exact) mass is 799 g/mol. The maximum absolute atomic E-state index is 11.2. The van der Waals surface area contributed by atoms with E-state index in [0.717, 1.165) is 89.7 Å². The Morgan fingerprint density at radius 1 is 0.500 bits per heavy atom. The lowest BCUT2D eigenvalue weighted by atomic mass is 9.56. The van der Waals surface area contributed by atoms with Gasteiger partial charge in [0.2, 0.25) is 0 Å². The maximum atomic E-state index is 11.2. The van der Waals surface area contributed by atoms with Gasteiger partial charge in [-0.2, -0.15) is 10.5 Å². The third kappa shape index (κ3) is 3.52. The fourth-order valence-corrected chi connectivity index (χ4v) is 17.3. The molecule has 5 nitrogen and oxygen atoms in total. The second kappa shape index (κ2) is 10.5. The number of hydrogen-bond acceptors (Lipinski definition) is 4. The number of nitriles is 2. The summed E-state index contributed by atoms with van der Waals surface area (Å²) in [4.78, 5) is 0. The van der Waals surface area contributed by atoms with Crippen LogP contribution in [0.5, 0.6) is 0 Å². The Labute approximate surface area is 356 Å². The molecule has 4 heterocycles. The summed E-state index contributed by atoms with van der Waals surface area (Å²) >= 11 is 0. The van der Waals surface area contributed by atoms with Crippen LogP contribution in [0.1, 0.15) is 121 Å². The van der Waals surface area contributed by atoms with Crippen molar-refractivity contribution in [3.05, 3.63) is 112 Å². The molecule has 18 rings (SSSR count). The topological polar surface area (TPSA) is 78.3 Å². The largest absolute Gasteiger partial charge is 0.456 e. The lowest BCUT2D eigenvalue weighted by Gasteiger charge is -2.48. The lowest BCUT2D eigenvalue weighted by molar-refractivity contribution is 0.00322.